The van der Waals surface area contributed by atoms with Gasteiger partial charge in [0.2, 0.25) is 0 Å². The molecule has 1 aromatic heterocycles. The SMILES string of the molecule is CCc1ccc(S(=O)(=O)N=C2SC(=Cc3ccco3)C(=O)N2CC)cc1. The predicted molar refractivity (Wildman–Crippen MR) is 102 cm³/mol. The lowest BCUT2D eigenvalue weighted by molar-refractivity contribution is -0.122. The topological polar surface area (TPSA) is 80.0 Å². The highest BCUT2D eigenvalue weighted by atomic mass is 32.2. The number of furan rings is 1. The van der Waals surface area contributed by atoms with Gasteiger partial charge in [-0.2, -0.15) is 8.42 Å². The van der Waals surface area contributed by atoms with E-state index in [9.17, 15) is 13.2 Å². The first-order valence-electron chi connectivity index (χ1n) is 8.13. The third-order valence-corrected chi connectivity index (χ3v) is 6.25. The van der Waals surface area contributed by atoms with Crippen molar-refractivity contribution in [1.29, 1.82) is 0 Å². The molecule has 1 amide bonds. The maximum Gasteiger partial charge on any atom is 0.284 e. The predicted octanol–water partition coefficient (Wildman–Crippen LogP) is 3.52. The van der Waals surface area contributed by atoms with Crippen LogP contribution in [-0.4, -0.2) is 30.9 Å². The average Bonchev–Trinajstić information content (AvgIpc) is 3.23. The lowest BCUT2D eigenvalue weighted by atomic mass is 10.2. The number of hydrogen-bond donors (Lipinski definition) is 0. The van der Waals surface area contributed by atoms with Gasteiger partial charge >= 0.3 is 0 Å². The first-order valence-corrected chi connectivity index (χ1v) is 10.4. The fraction of sp³-hybridized carbons (Fsp3) is 0.222. The Bertz CT molecular complexity index is 959. The lowest BCUT2D eigenvalue weighted by Crippen LogP contribution is -2.29. The number of carbonyl (C=O) groups excluding carboxylic acids is 1. The van der Waals surface area contributed by atoms with Gasteiger partial charge in [-0.1, -0.05) is 19.1 Å². The fourth-order valence-electron chi connectivity index (χ4n) is 2.41. The Kier molecular flexibility index (Phi) is 5.33. The molecule has 0 radical (unpaired) electrons. The molecule has 8 heteroatoms. The highest BCUT2D eigenvalue weighted by molar-refractivity contribution is 8.19. The molecule has 0 unspecified atom stereocenters. The summed E-state index contributed by atoms with van der Waals surface area (Å²) in [6.07, 6.45) is 3.91. The monoisotopic (exact) mass is 390 g/mol. The summed E-state index contributed by atoms with van der Waals surface area (Å²) in [6.45, 7) is 4.09. The number of aryl methyl sites for hydroxylation is 1. The van der Waals surface area contributed by atoms with E-state index in [1.54, 1.807) is 37.3 Å². The van der Waals surface area contributed by atoms with Gasteiger partial charge in [0, 0.05) is 12.6 Å². The molecular weight excluding hydrogens is 372 g/mol. The minimum atomic E-state index is -3.90. The number of carbonyl (C=O) groups is 1. The van der Waals surface area contributed by atoms with Crippen molar-refractivity contribution in [1.82, 2.24) is 4.90 Å². The van der Waals surface area contributed by atoms with E-state index in [-0.39, 0.29) is 16.0 Å². The van der Waals surface area contributed by atoms with Crippen molar-refractivity contribution in [3.63, 3.8) is 0 Å². The van der Waals surface area contributed by atoms with Crippen LogP contribution < -0.4 is 0 Å². The van der Waals surface area contributed by atoms with E-state index in [2.05, 4.69) is 4.40 Å². The zero-order chi connectivity index (χ0) is 18.7. The van der Waals surface area contributed by atoms with Crippen LogP contribution in [0.15, 0.2) is 61.3 Å². The molecule has 2 heterocycles. The van der Waals surface area contributed by atoms with E-state index in [1.807, 2.05) is 6.92 Å². The summed E-state index contributed by atoms with van der Waals surface area (Å²) in [5.41, 5.74) is 1.04. The zero-order valence-electron chi connectivity index (χ0n) is 14.4. The highest BCUT2D eigenvalue weighted by Gasteiger charge is 2.34. The second kappa shape index (κ2) is 7.51. The molecule has 0 N–H and O–H groups in total. The van der Waals surface area contributed by atoms with Gasteiger partial charge in [0.05, 0.1) is 16.1 Å². The largest absolute Gasteiger partial charge is 0.465 e. The van der Waals surface area contributed by atoms with Crippen molar-refractivity contribution in [2.24, 2.45) is 4.40 Å². The van der Waals surface area contributed by atoms with Crippen LogP contribution in [0, 0.1) is 0 Å². The van der Waals surface area contributed by atoms with Crippen LogP contribution in [0.25, 0.3) is 6.08 Å². The number of rotatable bonds is 5. The van der Waals surface area contributed by atoms with Crippen LogP contribution in [-0.2, 0) is 21.2 Å². The van der Waals surface area contributed by atoms with Gasteiger partial charge < -0.3 is 4.42 Å². The molecule has 0 spiro atoms. The summed E-state index contributed by atoms with van der Waals surface area (Å²) in [5.74, 6) is 0.236. The Hall–Kier alpha value is -2.32. The molecule has 0 aliphatic carbocycles. The molecule has 6 nitrogen and oxygen atoms in total. The summed E-state index contributed by atoms with van der Waals surface area (Å²) in [4.78, 5) is 14.3. The van der Waals surface area contributed by atoms with Crippen molar-refractivity contribution in [2.45, 2.75) is 25.2 Å². The highest BCUT2D eigenvalue weighted by Crippen LogP contribution is 2.33. The van der Waals surface area contributed by atoms with Crippen molar-refractivity contribution in [2.75, 3.05) is 6.54 Å². The van der Waals surface area contributed by atoms with E-state index >= 15 is 0 Å². The van der Waals surface area contributed by atoms with Crippen LogP contribution in [0.2, 0.25) is 0 Å². The normalized spacial score (nSPS) is 18.2. The number of sulfonamides is 1. The molecule has 1 aliphatic rings. The molecule has 1 fully saturated rings. The van der Waals surface area contributed by atoms with Gasteiger partial charge in [-0.25, -0.2) is 0 Å². The van der Waals surface area contributed by atoms with Crippen LogP contribution in [0.5, 0.6) is 0 Å². The number of nitrogens with zero attached hydrogens (tertiary/aromatic N) is 2. The molecule has 0 atom stereocenters. The van der Waals surface area contributed by atoms with Crippen LogP contribution in [0.4, 0.5) is 0 Å². The first kappa shape index (κ1) is 18.5. The van der Waals surface area contributed by atoms with E-state index in [1.165, 1.54) is 23.3 Å². The van der Waals surface area contributed by atoms with E-state index in [0.29, 0.717) is 17.2 Å². The molecule has 1 aliphatic heterocycles. The Morgan fingerprint density at radius 1 is 1.19 bits per heavy atom. The van der Waals surface area contributed by atoms with Gasteiger partial charge in [0.1, 0.15) is 5.76 Å². The number of likely N-dealkylation sites (N-methyl/N-ethyl adjacent to an activating group) is 1. The summed E-state index contributed by atoms with van der Waals surface area (Å²) >= 11 is 1.03. The molecule has 136 valence electrons. The molecule has 26 heavy (non-hydrogen) atoms. The van der Waals surface area contributed by atoms with Gasteiger partial charge in [-0.3, -0.25) is 9.69 Å². The number of hydrogen-bond acceptors (Lipinski definition) is 5. The molecule has 0 saturated carbocycles. The molecule has 1 saturated heterocycles. The first-order chi connectivity index (χ1) is 12.4. The standard InChI is InChI=1S/C18H18N2O4S2/c1-3-13-7-9-15(10-8-13)26(22,23)19-18-20(4-2)17(21)16(25-18)12-14-6-5-11-24-14/h5-12H,3-4H2,1-2H3. The number of amides is 1. The molecule has 0 bridgehead atoms. The number of amidine groups is 1. The van der Waals surface area contributed by atoms with Crippen LogP contribution in [0.1, 0.15) is 25.2 Å². The smallest absolute Gasteiger partial charge is 0.284 e. The van der Waals surface area contributed by atoms with Gasteiger partial charge in [-0.05, 0) is 54.9 Å². The van der Waals surface area contributed by atoms with Gasteiger partial charge in [-0.15, -0.1) is 4.40 Å². The molecule has 3 rings (SSSR count). The third kappa shape index (κ3) is 3.76. The van der Waals surface area contributed by atoms with Crippen molar-refractivity contribution in [3.8, 4) is 0 Å². The van der Waals surface area contributed by atoms with Gasteiger partial charge in [0.15, 0.2) is 5.17 Å². The summed E-state index contributed by atoms with van der Waals surface area (Å²) in [7, 11) is -3.90. The Labute approximate surface area is 156 Å². The average molecular weight is 390 g/mol. The maximum atomic E-state index is 12.6. The van der Waals surface area contributed by atoms with E-state index in [0.717, 1.165) is 23.7 Å². The molecule has 2 aromatic rings. The lowest BCUT2D eigenvalue weighted by Gasteiger charge is -2.12. The molecular formula is C18H18N2O4S2. The van der Waals surface area contributed by atoms with Crippen LogP contribution in [0.3, 0.4) is 0 Å². The Morgan fingerprint density at radius 2 is 1.92 bits per heavy atom. The second-order valence-corrected chi connectivity index (χ2v) is 8.14. The fourth-order valence-corrected chi connectivity index (χ4v) is 4.63. The minimum Gasteiger partial charge on any atom is -0.465 e. The Morgan fingerprint density at radius 3 is 2.50 bits per heavy atom. The maximum absolute atomic E-state index is 12.6. The van der Waals surface area contributed by atoms with Crippen LogP contribution >= 0.6 is 11.8 Å². The van der Waals surface area contributed by atoms with E-state index in [4.69, 9.17) is 4.42 Å². The minimum absolute atomic E-state index is 0.106. The van der Waals surface area contributed by atoms with Crippen molar-refractivity contribution in [3.05, 3.63) is 58.9 Å². The zero-order valence-corrected chi connectivity index (χ0v) is 16.0. The summed E-state index contributed by atoms with van der Waals surface area (Å²) < 4.78 is 34.3. The summed E-state index contributed by atoms with van der Waals surface area (Å²) in [5, 5.41) is 0.148. The Balaban J connectivity index is 1.94. The number of benzene rings is 1. The quantitative estimate of drug-likeness (QED) is 0.730. The van der Waals surface area contributed by atoms with Crippen molar-refractivity contribution < 1.29 is 17.6 Å². The molecule has 1 aromatic carbocycles. The third-order valence-electron chi connectivity index (χ3n) is 3.85. The number of thioether (sulfide) groups is 1. The second-order valence-electron chi connectivity index (χ2n) is 5.52. The van der Waals surface area contributed by atoms with Gasteiger partial charge in [0.25, 0.3) is 15.9 Å². The summed E-state index contributed by atoms with van der Waals surface area (Å²) in [6, 6.07) is 10.0. The van der Waals surface area contributed by atoms with Crippen molar-refractivity contribution >= 4 is 38.9 Å². The van der Waals surface area contributed by atoms with E-state index < -0.39 is 10.0 Å².